The predicted octanol–water partition coefficient (Wildman–Crippen LogP) is 2.07. The zero-order chi connectivity index (χ0) is 11.1. The largest absolute Gasteiger partial charge is 0.394 e. The van der Waals surface area contributed by atoms with Crippen LogP contribution in [0.25, 0.3) is 10.9 Å². The van der Waals surface area contributed by atoms with Gasteiger partial charge in [-0.3, -0.25) is 4.68 Å². The van der Waals surface area contributed by atoms with Gasteiger partial charge in [-0.05, 0) is 32.9 Å². The highest BCUT2D eigenvalue weighted by atomic mass is 16.3. The minimum absolute atomic E-state index is 0.0833. The van der Waals surface area contributed by atoms with Gasteiger partial charge in [-0.15, -0.1) is 0 Å². The van der Waals surface area contributed by atoms with Crippen molar-refractivity contribution in [3.8, 4) is 0 Å². The van der Waals surface area contributed by atoms with Crippen molar-refractivity contribution >= 4 is 10.9 Å². The number of benzene rings is 1. The summed E-state index contributed by atoms with van der Waals surface area (Å²) in [5.74, 6) is 0. The lowest BCUT2D eigenvalue weighted by Crippen LogP contribution is -2.30. The van der Waals surface area contributed by atoms with Gasteiger partial charge in [-0.25, -0.2) is 0 Å². The maximum Gasteiger partial charge on any atom is 0.0923 e. The van der Waals surface area contributed by atoms with Gasteiger partial charge in [0.15, 0.2) is 0 Å². The Labute approximate surface area is 89.3 Å². The van der Waals surface area contributed by atoms with E-state index in [9.17, 15) is 5.11 Å². The van der Waals surface area contributed by atoms with Gasteiger partial charge in [-0.2, -0.15) is 5.10 Å². The van der Waals surface area contributed by atoms with Gasteiger partial charge in [0, 0.05) is 11.6 Å². The zero-order valence-electron chi connectivity index (χ0n) is 9.36. The van der Waals surface area contributed by atoms with E-state index in [2.05, 4.69) is 18.1 Å². The molecule has 1 heterocycles. The van der Waals surface area contributed by atoms with Crippen LogP contribution in [0.3, 0.4) is 0 Å². The number of fused-ring (bicyclic) bond motifs is 1. The number of rotatable bonds is 2. The molecule has 15 heavy (non-hydrogen) atoms. The normalized spacial score (nSPS) is 12.3. The molecule has 1 aromatic heterocycles. The molecule has 2 aromatic rings. The van der Waals surface area contributed by atoms with Crippen LogP contribution in [0.15, 0.2) is 24.4 Å². The molecule has 0 bridgehead atoms. The van der Waals surface area contributed by atoms with Gasteiger partial charge in [-0.1, -0.05) is 11.6 Å². The monoisotopic (exact) mass is 204 g/mol. The molecule has 0 aliphatic rings. The summed E-state index contributed by atoms with van der Waals surface area (Å²) in [5.41, 5.74) is 1.86. The molecule has 0 radical (unpaired) electrons. The van der Waals surface area contributed by atoms with Crippen molar-refractivity contribution < 1.29 is 5.11 Å². The molecule has 1 aromatic carbocycles. The van der Waals surface area contributed by atoms with Crippen LogP contribution < -0.4 is 0 Å². The van der Waals surface area contributed by atoms with Gasteiger partial charge < -0.3 is 5.11 Å². The second kappa shape index (κ2) is 3.35. The molecule has 0 aliphatic heterocycles. The number of hydrogen-bond acceptors (Lipinski definition) is 2. The number of aliphatic hydroxyl groups excluding tert-OH is 1. The number of aliphatic hydroxyl groups is 1. The maximum atomic E-state index is 9.27. The SMILES string of the molecule is Cc1ccc2nn(C(C)(C)CO)cc2c1. The minimum atomic E-state index is -0.340. The third kappa shape index (κ3) is 1.75. The summed E-state index contributed by atoms with van der Waals surface area (Å²) in [4.78, 5) is 0. The Morgan fingerprint density at radius 3 is 2.80 bits per heavy atom. The molecule has 0 amide bonds. The Morgan fingerprint density at radius 2 is 2.13 bits per heavy atom. The highest BCUT2D eigenvalue weighted by Crippen LogP contribution is 2.19. The van der Waals surface area contributed by atoms with Crippen LogP contribution in [0.4, 0.5) is 0 Å². The summed E-state index contributed by atoms with van der Waals surface area (Å²) < 4.78 is 1.83. The van der Waals surface area contributed by atoms with Crippen molar-refractivity contribution in [3.63, 3.8) is 0 Å². The van der Waals surface area contributed by atoms with E-state index < -0.39 is 0 Å². The van der Waals surface area contributed by atoms with Crippen molar-refractivity contribution in [3.05, 3.63) is 30.0 Å². The minimum Gasteiger partial charge on any atom is -0.394 e. The zero-order valence-corrected chi connectivity index (χ0v) is 9.36. The first-order valence-electron chi connectivity index (χ1n) is 5.10. The average molecular weight is 204 g/mol. The number of nitrogens with zero attached hydrogens (tertiary/aromatic N) is 2. The Bertz CT molecular complexity index is 485. The van der Waals surface area contributed by atoms with E-state index in [1.807, 2.05) is 36.9 Å². The molecule has 0 aliphatic carbocycles. The van der Waals surface area contributed by atoms with Crippen LogP contribution in [-0.2, 0) is 5.54 Å². The fourth-order valence-electron chi connectivity index (χ4n) is 1.53. The van der Waals surface area contributed by atoms with E-state index in [1.54, 1.807) is 0 Å². The molecule has 1 N–H and O–H groups in total. The van der Waals surface area contributed by atoms with Crippen LogP contribution in [0.5, 0.6) is 0 Å². The van der Waals surface area contributed by atoms with Gasteiger partial charge in [0.2, 0.25) is 0 Å². The predicted molar refractivity (Wildman–Crippen MR) is 60.9 cm³/mol. The molecular weight excluding hydrogens is 188 g/mol. The van der Waals surface area contributed by atoms with Crippen molar-refractivity contribution in [2.45, 2.75) is 26.3 Å². The molecular formula is C12H16N2O. The lowest BCUT2D eigenvalue weighted by Gasteiger charge is -2.21. The summed E-state index contributed by atoms with van der Waals surface area (Å²) >= 11 is 0. The quantitative estimate of drug-likeness (QED) is 0.813. The summed E-state index contributed by atoms with van der Waals surface area (Å²) in [6.07, 6.45) is 1.98. The number of aryl methyl sites for hydroxylation is 1. The van der Waals surface area contributed by atoms with Crippen molar-refractivity contribution in [2.75, 3.05) is 6.61 Å². The highest BCUT2D eigenvalue weighted by molar-refractivity contribution is 5.78. The fraction of sp³-hybridized carbons (Fsp3) is 0.417. The molecule has 3 heteroatoms. The Kier molecular flexibility index (Phi) is 2.27. The van der Waals surface area contributed by atoms with Gasteiger partial charge >= 0.3 is 0 Å². The van der Waals surface area contributed by atoms with E-state index >= 15 is 0 Å². The van der Waals surface area contributed by atoms with E-state index in [4.69, 9.17) is 0 Å². The molecule has 0 atom stereocenters. The Morgan fingerprint density at radius 1 is 1.40 bits per heavy atom. The highest BCUT2D eigenvalue weighted by Gasteiger charge is 2.20. The molecule has 0 saturated heterocycles. The number of aromatic nitrogens is 2. The smallest absolute Gasteiger partial charge is 0.0923 e. The first kappa shape index (κ1) is 10.2. The molecule has 0 fully saturated rings. The molecule has 0 saturated carbocycles. The summed E-state index contributed by atoms with van der Waals surface area (Å²) in [6, 6.07) is 6.16. The first-order valence-corrected chi connectivity index (χ1v) is 5.10. The van der Waals surface area contributed by atoms with E-state index in [-0.39, 0.29) is 12.1 Å². The van der Waals surface area contributed by atoms with Gasteiger partial charge in [0.05, 0.1) is 17.7 Å². The van der Waals surface area contributed by atoms with E-state index in [0.29, 0.717) is 0 Å². The van der Waals surface area contributed by atoms with Crippen LogP contribution in [0.2, 0.25) is 0 Å². The summed E-state index contributed by atoms with van der Waals surface area (Å²) in [6.45, 7) is 6.07. The maximum absolute atomic E-state index is 9.27. The van der Waals surface area contributed by atoms with E-state index in [0.717, 1.165) is 10.9 Å². The molecule has 80 valence electrons. The summed E-state index contributed by atoms with van der Waals surface area (Å²) in [5, 5.41) is 14.8. The second-order valence-corrected chi connectivity index (χ2v) is 4.61. The van der Waals surface area contributed by atoms with Crippen molar-refractivity contribution in [1.82, 2.24) is 9.78 Å². The van der Waals surface area contributed by atoms with Gasteiger partial charge in [0.25, 0.3) is 0 Å². The number of hydrogen-bond donors (Lipinski definition) is 1. The van der Waals surface area contributed by atoms with Crippen LogP contribution in [0.1, 0.15) is 19.4 Å². The summed E-state index contributed by atoms with van der Waals surface area (Å²) in [7, 11) is 0. The fourth-order valence-corrected chi connectivity index (χ4v) is 1.53. The Hall–Kier alpha value is -1.35. The first-order chi connectivity index (χ1) is 7.03. The van der Waals surface area contributed by atoms with Crippen molar-refractivity contribution in [1.29, 1.82) is 0 Å². The topological polar surface area (TPSA) is 38.0 Å². The Balaban J connectivity index is 2.56. The third-order valence-corrected chi connectivity index (χ3v) is 2.67. The van der Waals surface area contributed by atoms with Crippen molar-refractivity contribution in [2.24, 2.45) is 0 Å². The lowest BCUT2D eigenvalue weighted by atomic mass is 10.1. The van der Waals surface area contributed by atoms with Crippen LogP contribution in [0, 0.1) is 6.92 Å². The second-order valence-electron chi connectivity index (χ2n) is 4.61. The molecule has 0 unspecified atom stereocenters. The van der Waals surface area contributed by atoms with Crippen LogP contribution in [-0.4, -0.2) is 21.5 Å². The third-order valence-electron chi connectivity index (χ3n) is 2.67. The molecule has 0 spiro atoms. The lowest BCUT2D eigenvalue weighted by molar-refractivity contribution is 0.153. The van der Waals surface area contributed by atoms with E-state index in [1.165, 1.54) is 5.56 Å². The average Bonchev–Trinajstić information content (AvgIpc) is 2.61. The molecule has 3 nitrogen and oxygen atoms in total. The van der Waals surface area contributed by atoms with Crippen LogP contribution >= 0.6 is 0 Å². The molecule has 2 rings (SSSR count). The standard InChI is InChI=1S/C12H16N2O/c1-9-4-5-11-10(6-9)7-14(13-11)12(2,3)8-15/h4-7,15H,8H2,1-3H3. The van der Waals surface area contributed by atoms with Gasteiger partial charge in [0.1, 0.15) is 0 Å².